The van der Waals surface area contributed by atoms with E-state index in [9.17, 15) is 9.50 Å². The zero-order valence-corrected chi connectivity index (χ0v) is 20.9. The molecular formula is C24H29ClFN7O2. The van der Waals surface area contributed by atoms with Gasteiger partial charge in [-0.2, -0.15) is 5.10 Å². The van der Waals surface area contributed by atoms with Crippen molar-refractivity contribution in [1.29, 1.82) is 0 Å². The number of imidazole rings is 1. The molecule has 9 nitrogen and oxygen atoms in total. The van der Waals surface area contributed by atoms with Crippen LogP contribution in [0.25, 0.3) is 22.3 Å². The predicted molar refractivity (Wildman–Crippen MR) is 133 cm³/mol. The van der Waals surface area contributed by atoms with Gasteiger partial charge >= 0.3 is 0 Å². The van der Waals surface area contributed by atoms with Crippen molar-refractivity contribution in [2.45, 2.75) is 58.9 Å². The standard InChI is InChI=1S/C15H15ClFN5.C9H14N2O2/c1-7(2)22-8(3)20-14-11(17)4-9(5-12(14)22)13-10(16)6-19-15(18)21-13;1-13-6-7-4-8-5-9(12)2-3-11(8)10-7/h4-7H,1-3H3,(H2,18,19,21);4,9,12H,2-3,5-6H2,1H3. The lowest BCUT2D eigenvalue weighted by Crippen LogP contribution is -2.23. The molecule has 5 rings (SSSR count). The predicted octanol–water partition coefficient (Wildman–Crippen LogP) is 4.09. The van der Waals surface area contributed by atoms with Crippen LogP contribution in [0.2, 0.25) is 5.02 Å². The van der Waals surface area contributed by atoms with Gasteiger partial charge in [0.25, 0.3) is 0 Å². The minimum absolute atomic E-state index is 0.0912. The first kappa shape index (κ1) is 25.0. The van der Waals surface area contributed by atoms with Gasteiger partial charge in [-0.25, -0.2) is 19.3 Å². The minimum Gasteiger partial charge on any atom is -0.393 e. The second-order valence-corrected chi connectivity index (χ2v) is 9.21. The van der Waals surface area contributed by atoms with E-state index in [4.69, 9.17) is 22.1 Å². The molecule has 1 atom stereocenters. The Bertz CT molecular complexity index is 1350. The van der Waals surface area contributed by atoms with Gasteiger partial charge in [-0.05, 0) is 45.4 Å². The smallest absolute Gasteiger partial charge is 0.220 e. The highest BCUT2D eigenvalue weighted by Crippen LogP contribution is 2.31. The fourth-order valence-corrected chi connectivity index (χ4v) is 4.55. The zero-order chi connectivity index (χ0) is 25.3. The van der Waals surface area contributed by atoms with Gasteiger partial charge < -0.3 is 20.1 Å². The van der Waals surface area contributed by atoms with E-state index in [-0.39, 0.29) is 18.1 Å². The molecule has 1 aliphatic heterocycles. The monoisotopic (exact) mass is 501 g/mol. The summed E-state index contributed by atoms with van der Waals surface area (Å²) in [5.41, 5.74) is 9.67. The fraction of sp³-hybridized carbons (Fsp3) is 0.417. The Hall–Kier alpha value is -3.08. The Morgan fingerprint density at radius 3 is 2.77 bits per heavy atom. The first-order chi connectivity index (χ1) is 16.7. The molecule has 0 saturated carbocycles. The Morgan fingerprint density at radius 1 is 1.29 bits per heavy atom. The van der Waals surface area contributed by atoms with Gasteiger partial charge in [0.1, 0.15) is 11.3 Å². The number of anilines is 1. The molecule has 1 aliphatic rings. The van der Waals surface area contributed by atoms with E-state index in [2.05, 4.69) is 20.1 Å². The first-order valence-electron chi connectivity index (χ1n) is 11.4. The lowest BCUT2D eigenvalue weighted by Gasteiger charge is -2.17. The van der Waals surface area contributed by atoms with Crippen molar-refractivity contribution in [3.8, 4) is 11.3 Å². The maximum atomic E-state index is 14.4. The van der Waals surface area contributed by atoms with Crippen LogP contribution in [-0.4, -0.2) is 47.6 Å². The maximum Gasteiger partial charge on any atom is 0.220 e. The van der Waals surface area contributed by atoms with E-state index in [1.54, 1.807) is 7.11 Å². The van der Waals surface area contributed by atoms with Gasteiger partial charge in [0.2, 0.25) is 5.95 Å². The van der Waals surface area contributed by atoms with E-state index in [0.29, 0.717) is 33.9 Å². The van der Waals surface area contributed by atoms with Gasteiger partial charge in [-0.15, -0.1) is 0 Å². The third-order valence-electron chi connectivity index (χ3n) is 5.80. The topological polar surface area (TPSA) is 117 Å². The number of aliphatic hydroxyl groups excluding tert-OH is 1. The van der Waals surface area contributed by atoms with Gasteiger partial charge in [0, 0.05) is 37.4 Å². The van der Waals surface area contributed by atoms with Crippen LogP contribution in [0.3, 0.4) is 0 Å². The number of hydrogen-bond donors (Lipinski definition) is 2. The molecule has 1 aromatic carbocycles. The number of ether oxygens (including phenoxy) is 1. The third kappa shape index (κ3) is 5.29. The van der Waals surface area contributed by atoms with Crippen LogP contribution in [0, 0.1) is 12.7 Å². The summed E-state index contributed by atoms with van der Waals surface area (Å²) in [4.78, 5) is 12.2. The normalized spacial score (nSPS) is 15.3. The van der Waals surface area contributed by atoms with Crippen LogP contribution in [0.4, 0.5) is 10.3 Å². The molecule has 186 valence electrons. The molecule has 0 radical (unpaired) electrons. The quantitative estimate of drug-likeness (QED) is 0.432. The highest BCUT2D eigenvalue weighted by atomic mass is 35.5. The summed E-state index contributed by atoms with van der Waals surface area (Å²) < 4.78 is 23.4. The van der Waals surface area contributed by atoms with E-state index in [1.807, 2.05) is 42.2 Å². The molecule has 11 heteroatoms. The summed E-state index contributed by atoms with van der Waals surface area (Å²) in [6.45, 7) is 7.27. The van der Waals surface area contributed by atoms with Crippen molar-refractivity contribution in [2.24, 2.45) is 0 Å². The van der Waals surface area contributed by atoms with E-state index in [0.717, 1.165) is 36.6 Å². The molecule has 4 aromatic rings. The lowest BCUT2D eigenvalue weighted by molar-refractivity contribution is 0.139. The summed E-state index contributed by atoms with van der Waals surface area (Å²) in [5, 5.41) is 14.1. The van der Waals surface area contributed by atoms with Gasteiger partial charge in [-0.3, -0.25) is 4.68 Å². The molecule has 35 heavy (non-hydrogen) atoms. The number of nitrogen functional groups attached to an aromatic ring is 1. The first-order valence-corrected chi connectivity index (χ1v) is 11.7. The van der Waals surface area contributed by atoms with Gasteiger partial charge in [0.15, 0.2) is 5.82 Å². The van der Waals surface area contributed by atoms with Crippen LogP contribution in [-0.2, 0) is 24.3 Å². The molecule has 3 aromatic heterocycles. The Morgan fingerprint density at radius 2 is 2.06 bits per heavy atom. The van der Waals surface area contributed by atoms with Crippen molar-refractivity contribution in [3.05, 3.63) is 52.4 Å². The highest BCUT2D eigenvalue weighted by molar-refractivity contribution is 6.33. The van der Waals surface area contributed by atoms with Crippen LogP contribution in [0.1, 0.15) is 43.5 Å². The van der Waals surface area contributed by atoms with Gasteiger partial charge in [-0.1, -0.05) is 11.6 Å². The number of hydrogen-bond acceptors (Lipinski definition) is 7. The van der Waals surface area contributed by atoms with Crippen molar-refractivity contribution in [2.75, 3.05) is 12.8 Å². The number of methoxy groups -OCH3 is 1. The molecule has 1 unspecified atom stereocenters. The molecule has 0 aliphatic carbocycles. The van der Waals surface area contributed by atoms with Crippen LogP contribution in [0.5, 0.6) is 0 Å². The molecule has 0 fully saturated rings. The summed E-state index contributed by atoms with van der Waals surface area (Å²) in [7, 11) is 1.66. The van der Waals surface area contributed by atoms with Crippen molar-refractivity contribution in [1.82, 2.24) is 29.3 Å². The SMILES string of the molecule is COCc1cc2n(n1)CCC(O)C2.Cc1nc2c(F)cc(-c3nc(N)ncc3Cl)cc2n1C(C)C. The average molecular weight is 502 g/mol. The van der Waals surface area contributed by atoms with E-state index >= 15 is 0 Å². The Kier molecular flexibility index (Phi) is 7.34. The number of benzene rings is 1. The number of aryl methyl sites for hydroxylation is 2. The fourth-order valence-electron chi connectivity index (χ4n) is 4.35. The number of nitrogens with zero attached hydrogens (tertiary/aromatic N) is 6. The second-order valence-electron chi connectivity index (χ2n) is 8.80. The molecule has 3 N–H and O–H groups in total. The Labute approximate surface area is 207 Å². The number of nitrogens with two attached hydrogens (primary N) is 1. The molecule has 4 heterocycles. The third-order valence-corrected chi connectivity index (χ3v) is 6.08. The molecular weight excluding hydrogens is 473 g/mol. The number of halogens is 2. The van der Waals surface area contributed by atoms with Crippen LogP contribution >= 0.6 is 11.6 Å². The summed E-state index contributed by atoms with van der Waals surface area (Å²) in [5.74, 6) is 0.436. The average Bonchev–Trinajstić information content (AvgIpc) is 3.35. The number of aromatic nitrogens is 6. The molecule has 0 amide bonds. The largest absolute Gasteiger partial charge is 0.393 e. The maximum absolute atomic E-state index is 14.4. The summed E-state index contributed by atoms with van der Waals surface area (Å²) >= 11 is 6.12. The summed E-state index contributed by atoms with van der Waals surface area (Å²) in [6.07, 6.45) is 2.74. The van der Waals surface area contributed by atoms with E-state index < -0.39 is 5.82 Å². The van der Waals surface area contributed by atoms with Crippen LogP contribution in [0.15, 0.2) is 24.4 Å². The second kappa shape index (κ2) is 10.3. The van der Waals surface area contributed by atoms with Crippen molar-refractivity contribution in [3.63, 3.8) is 0 Å². The van der Waals surface area contributed by atoms with Gasteiger partial charge in [0.05, 0.1) is 40.8 Å². The zero-order valence-electron chi connectivity index (χ0n) is 20.2. The van der Waals surface area contributed by atoms with Crippen molar-refractivity contribution >= 4 is 28.6 Å². The van der Waals surface area contributed by atoms with Crippen molar-refractivity contribution < 1.29 is 14.2 Å². The lowest BCUT2D eigenvalue weighted by atomic mass is 10.1. The minimum atomic E-state index is -0.414. The van der Waals surface area contributed by atoms with Crippen LogP contribution < -0.4 is 5.73 Å². The summed E-state index contributed by atoms with van der Waals surface area (Å²) in [6, 6.07) is 5.36. The highest BCUT2D eigenvalue weighted by Gasteiger charge is 2.19. The molecule has 0 spiro atoms. The number of aliphatic hydroxyl groups is 1. The molecule has 0 bridgehead atoms. The number of fused-ring (bicyclic) bond motifs is 2. The Balaban J connectivity index is 0.000000189. The van der Waals surface area contributed by atoms with E-state index in [1.165, 1.54) is 12.3 Å². The number of rotatable bonds is 4. The molecule has 0 saturated heterocycles.